The molecule has 10 heteroatoms. The third-order valence-corrected chi connectivity index (χ3v) is 8.02. The Hall–Kier alpha value is -3.01. The van der Waals surface area contributed by atoms with Crippen LogP contribution in [0.1, 0.15) is 18.1 Å². The van der Waals surface area contributed by atoms with Crippen molar-refractivity contribution in [2.75, 3.05) is 5.32 Å². The van der Waals surface area contributed by atoms with E-state index in [2.05, 4.69) is 20.6 Å². The molecule has 0 atom stereocenters. The molecule has 7 nitrogen and oxygen atoms in total. The van der Waals surface area contributed by atoms with E-state index < -0.39 is 9.84 Å². The minimum absolute atomic E-state index is 0.163. The first kappa shape index (κ1) is 20.9. The van der Waals surface area contributed by atoms with Crippen molar-refractivity contribution in [2.45, 2.75) is 29.8 Å². The number of rotatable bonds is 6. The number of sulfone groups is 1. The second-order valence-electron chi connectivity index (χ2n) is 7.21. The van der Waals surface area contributed by atoms with Gasteiger partial charge in [0.1, 0.15) is 5.82 Å². The van der Waals surface area contributed by atoms with Gasteiger partial charge in [0, 0.05) is 11.6 Å². The predicted molar refractivity (Wildman–Crippen MR) is 126 cm³/mol. The zero-order chi connectivity index (χ0) is 22.3. The molecule has 5 aromatic rings. The lowest BCUT2D eigenvalue weighted by Crippen LogP contribution is -2.06. The molecule has 3 heterocycles. The van der Waals surface area contributed by atoms with Crippen LogP contribution in [0.5, 0.6) is 0 Å². The number of halogens is 1. The van der Waals surface area contributed by atoms with Crippen LogP contribution >= 0.6 is 22.9 Å². The molecule has 0 amide bonds. The maximum atomic E-state index is 13.3. The lowest BCUT2D eigenvalue weighted by atomic mass is 10.2. The molecule has 0 spiro atoms. The Balaban J connectivity index is 1.59. The number of anilines is 1. The topological polar surface area (TPSA) is 89.2 Å². The molecular weight excluding hydrogens is 466 g/mol. The number of nitrogens with one attached hydrogen (secondary N) is 1. The van der Waals surface area contributed by atoms with E-state index in [1.807, 2.05) is 54.8 Å². The summed E-state index contributed by atoms with van der Waals surface area (Å²) < 4.78 is 29.0. The van der Waals surface area contributed by atoms with Gasteiger partial charge in [0.15, 0.2) is 5.65 Å². The largest absolute Gasteiger partial charge is 0.365 e. The van der Waals surface area contributed by atoms with E-state index in [0.29, 0.717) is 17.4 Å². The van der Waals surface area contributed by atoms with Gasteiger partial charge in [-0.3, -0.25) is 0 Å². The predicted octanol–water partition coefficient (Wildman–Crippen LogP) is 5.00. The smallest absolute Gasteiger partial charge is 0.229 e. The fourth-order valence-electron chi connectivity index (χ4n) is 3.42. The first-order valence-electron chi connectivity index (χ1n) is 9.92. The van der Waals surface area contributed by atoms with Crippen LogP contribution < -0.4 is 5.32 Å². The number of aryl methyl sites for hydroxylation is 1. The maximum absolute atomic E-state index is 13.3. The van der Waals surface area contributed by atoms with E-state index in [1.165, 1.54) is 15.9 Å². The van der Waals surface area contributed by atoms with Gasteiger partial charge in [-0.25, -0.2) is 13.4 Å². The van der Waals surface area contributed by atoms with Crippen molar-refractivity contribution in [3.63, 3.8) is 0 Å². The van der Waals surface area contributed by atoms with Gasteiger partial charge >= 0.3 is 0 Å². The highest BCUT2D eigenvalue weighted by atomic mass is 35.5. The molecule has 0 bridgehead atoms. The summed E-state index contributed by atoms with van der Waals surface area (Å²) in [5.74, 6) is 0.581. The number of fused-ring (bicyclic) bond motifs is 3. The van der Waals surface area contributed by atoms with E-state index >= 15 is 0 Å². The fraction of sp³-hybridized carbons (Fsp3) is 0.136. The average molecular weight is 484 g/mol. The van der Waals surface area contributed by atoms with Gasteiger partial charge in [0.2, 0.25) is 14.9 Å². The van der Waals surface area contributed by atoms with Gasteiger partial charge < -0.3 is 5.32 Å². The number of aromatic nitrogens is 4. The molecule has 0 fully saturated rings. The highest BCUT2D eigenvalue weighted by Gasteiger charge is 2.27. The minimum atomic E-state index is -3.88. The van der Waals surface area contributed by atoms with E-state index in [-0.39, 0.29) is 15.6 Å². The van der Waals surface area contributed by atoms with Crippen molar-refractivity contribution in [3.05, 3.63) is 76.1 Å². The van der Waals surface area contributed by atoms with Crippen molar-refractivity contribution in [3.8, 4) is 0 Å². The van der Waals surface area contributed by atoms with Crippen LogP contribution in [-0.2, 0) is 22.8 Å². The Morgan fingerprint density at radius 3 is 2.47 bits per heavy atom. The fourth-order valence-corrected chi connectivity index (χ4v) is 5.62. The Morgan fingerprint density at radius 2 is 1.75 bits per heavy atom. The standard InChI is InChI=1S/C22H18ClN5O2S2/c1-2-14-5-9-17(10-6-14)32(29,30)22-21-25-20(24-13-15-3-7-16(23)8-4-15)19-18(11-12-31-19)28(21)27-26-22/h3-12H,2,13H2,1H3,(H,24,25). The second kappa shape index (κ2) is 8.16. The average Bonchev–Trinajstić information content (AvgIpc) is 3.46. The summed E-state index contributed by atoms with van der Waals surface area (Å²) in [6, 6.07) is 16.2. The van der Waals surface area contributed by atoms with E-state index in [4.69, 9.17) is 11.6 Å². The summed E-state index contributed by atoms with van der Waals surface area (Å²) in [6.45, 7) is 2.53. The molecular formula is C22H18ClN5O2S2. The molecule has 0 aliphatic heterocycles. The molecule has 0 saturated carbocycles. The molecule has 0 unspecified atom stereocenters. The number of nitrogens with zero attached hydrogens (tertiary/aromatic N) is 4. The van der Waals surface area contributed by atoms with Crippen molar-refractivity contribution >= 4 is 54.5 Å². The number of benzene rings is 2. The van der Waals surface area contributed by atoms with Crippen LogP contribution in [0.25, 0.3) is 15.9 Å². The first-order chi connectivity index (χ1) is 15.5. The second-order valence-corrected chi connectivity index (χ2v) is 10.4. The van der Waals surface area contributed by atoms with Crippen molar-refractivity contribution in [2.24, 2.45) is 0 Å². The summed E-state index contributed by atoms with van der Waals surface area (Å²) >= 11 is 7.47. The highest BCUT2D eigenvalue weighted by molar-refractivity contribution is 7.91. The molecule has 1 N–H and O–H groups in total. The number of hydrogen-bond donors (Lipinski definition) is 1. The van der Waals surface area contributed by atoms with Gasteiger partial charge in [-0.2, -0.15) is 4.52 Å². The Kier molecular flexibility index (Phi) is 5.32. The minimum Gasteiger partial charge on any atom is -0.365 e. The molecule has 0 aliphatic rings. The molecule has 162 valence electrons. The summed E-state index contributed by atoms with van der Waals surface area (Å²) in [5, 5.41) is 13.9. The van der Waals surface area contributed by atoms with Gasteiger partial charge in [0.05, 0.1) is 15.1 Å². The van der Waals surface area contributed by atoms with Crippen LogP contribution in [0.15, 0.2) is 69.9 Å². The SMILES string of the molecule is CCc1ccc(S(=O)(=O)c2nnn3c2nc(NCc2ccc(Cl)cc2)c2sccc23)cc1. The first-order valence-corrected chi connectivity index (χ1v) is 12.7. The lowest BCUT2D eigenvalue weighted by Gasteiger charge is -2.09. The zero-order valence-corrected chi connectivity index (χ0v) is 19.4. The monoisotopic (exact) mass is 483 g/mol. The van der Waals surface area contributed by atoms with Gasteiger partial charge in [-0.15, -0.1) is 16.4 Å². The normalized spacial score (nSPS) is 11.9. The van der Waals surface area contributed by atoms with Crippen molar-refractivity contribution < 1.29 is 8.42 Å². The molecule has 32 heavy (non-hydrogen) atoms. The Labute approximate surface area is 193 Å². The van der Waals surface area contributed by atoms with Crippen LogP contribution in [0.4, 0.5) is 5.82 Å². The molecule has 0 aliphatic carbocycles. The van der Waals surface area contributed by atoms with E-state index in [9.17, 15) is 8.42 Å². The third kappa shape index (κ3) is 3.62. The quantitative estimate of drug-likeness (QED) is 0.365. The summed E-state index contributed by atoms with van der Waals surface area (Å²) in [6.07, 6.45) is 0.829. The van der Waals surface area contributed by atoms with E-state index in [0.717, 1.165) is 27.8 Å². The highest BCUT2D eigenvalue weighted by Crippen LogP contribution is 2.31. The maximum Gasteiger partial charge on any atom is 0.229 e. The lowest BCUT2D eigenvalue weighted by molar-refractivity contribution is 0.592. The number of thiophene rings is 1. The Bertz CT molecular complexity index is 1520. The Morgan fingerprint density at radius 1 is 1.03 bits per heavy atom. The molecule has 0 radical (unpaired) electrons. The third-order valence-electron chi connectivity index (χ3n) is 5.19. The number of hydrogen-bond acceptors (Lipinski definition) is 7. The van der Waals surface area contributed by atoms with Gasteiger partial charge in [0.25, 0.3) is 0 Å². The van der Waals surface area contributed by atoms with Crippen LogP contribution in [-0.4, -0.2) is 28.2 Å². The van der Waals surface area contributed by atoms with Crippen LogP contribution in [0, 0.1) is 0 Å². The van der Waals surface area contributed by atoms with Gasteiger partial charge in [-0.05, 0) is 53.3 Å². The summed E-state index contributed by atoms with van der Waals surface area (Å²) in [7, 11) is -3.88. The summed E-state index contributed by atoms with van der Waals surface area (Å²) in [5.41, 5.74) is 3.02. The van der Waals surface area contributed by atoms with Crippen LogP contribution in [0.2, 0.25) is 5.02 Å². The molecule has 5 rings (SSSR count). The molecule has 0 saturated heterocycles. The van der Waals surface area contributed by atoms with Gasteiger partial charge in [-0.1, -0.05) is 48.0 Å². The molecule has 2 aromatic carbocycles. The zero-order valence-electron chi connectivity index (χ0n) is 17.0. The van der Waals surface area contributed by atoms with E-state index in [1.54, 1.807) is 12.1 Å². The molecule has 3 aromatic heterocycles. The van der Waals surface area contributed by atoms with Crippen molar-refractivity contribution in [1.29, 1.82) is 0 Å². The summed E-state index contributed by atoms with van der Waals surface area (Å²) in [4.78, 5) is 4.79. The van der Waals surface area contributed by atoms with Crippen LogP contribution in [0.3, 0.4) is 0 Å². The van der Waals surface area contributed by atoms with Crippen molar-refractivity contribution in [1.82, 2.24) is 19.8 Å².